The number of benzene rings is 7. The van der Waals surface area contributed by atoms with Gasteiger partial charge >= 0.3 is 0 Å². The molecule has 0 aliphatic rings. The van der Waals surface area contributed by atoms with Gasteiger partial charge in [-0.25, -0.2) is 19.9 Å². The van der Waals surface area contributed by atoms with E-state index in [9.17, 15) is 0 Å². The number of para-hydroxylation sites is 3. The normalized spacial score (nSPS) is 11.8. The van der Waals surface area contributed by atoms with Crippen molar-refractivity contribution in [2.75, 3.05) is 0 Å². The lowest BCUT2D eigenvalue weighted by Crippen LogP contribution is -2.04. The average molecular weight is 807 g/mol. The molecule has 0 unspecified atom stereocenters. The van der Waals surface area contributed by atoms with Crippen LogP contribution in [0.3, 0.4) is 0 Å². The third-order valence-corrected chi connectivity index (χ3v) is 12.2. The van der Waals surface area contributed by atoms with E-state index >= 15 is 0 Å². The van der Waals surface area contributed by atoms with Gasteiger partial charge in [-0.05, 0) is 71.8 Å². The first-order valence-corrected chi connectivity index (χ1v) is 21.0. The Hall–Kier alpha value is -8.75. The molecule has 6 aromatic heterocycles. The van der Waals surface area contributed by atoms with E-state index in [2.05, 4.69) is 159 Å². The fourth-order valence-corrected chi connectivity index (χ4v) is 9.39. The second kappa shape index (κ2) is 13.9. The van der Waals surface area contributed by atoms with Crippen LogP contribution >= 0.6 is 0 Å². The number of fused-ring (bicyclic) bond motifs is 9. The molecular formula is C55H34N8. The number of rotatable bonds is 6. The van der Waals surface area contributed by atoms with Crippen molar-refractivity contribution in [2.45, 2.75) is 0 Å². The van der Waals surface area contributed by atoms with Gasteiger partial charge in [-0.3, -0.25) is 14.1 Å². The molecule has 13 rings (SSSR count). The van der Waals surface area contributed by atoms with E-state index in [0.717, 1.165) is 105 Å². The fourth-order valence-electron chi connectivity index (χ4n) is 9.39. The van der Waals surface area contributed by atoms with Crippen molar-refractivity contribution in [1.29, 1.82) is 0 Å². The molecule has 294 valence electrons. The van der Waals surface area contributed by atoms with E-state index < -0.39 is 0 Å². The van der Waals surface area contributed by atoms with Gasteiger partial charge in [-0.1, -0.05) is 127 Å². The minimum atomic E-state index is 0.611. The van der Waals surface area contributed by atoms with Gasteiger partial charge in [0.05, 0.1) is 68.1 Å². The summed E-state index contributed by atoms with van der Waals surface area (Å²) in [7, 11) is 0. The van der Waals surface area contributed by atoms with Crippen LogP contribution in [0.25, 0.3) is 117 Å². The summed E-state index contributed by atoms with van der Waals surface area (Å²) in [6, 6.07) is 65.6. The third kappa shape index (κ3) is 5.52. The molecule has 7 aromatic carbocycles. The Morgan fingerprint density at radius 1 is 0.302 bits per heavy atom. The second-order valence-corrected chi connectivity index (χ2v) is 15.8. The molecule has 0 amide bonds. The molecule has 0 saturated carbocycles. The molecule has 0 atom stereocenters. The van der Waals surface area contributed by atoms with Crippen LogP contribution in [0.5, 0.6) is 0 Å². The highest BCUT2D eigenvalue weighted by Gasteiger charge is 2.20. The minimum Gasteiger partial charge on any atom is -0.305 e. The second-order valence-electron chi connectivity index (χ2n) is 15.8. The standard InChI is InChI=1S/C55H34N8/c1-3-14-35(15-4-1)45-32-46(36-16-5-2-6-17-36)60-55(59-45)63-48-22-11-8-19-41(48)44-31-38(26-28-51(44)63)37-25-27-50-43(30-37)40-18-7-10-21-47(40)62(50)54-57-33-39(34-58-54)61-49-23-12-9-20-42(49)53-52(61)24-13-29-56-53/h1-34H. The first-order valence-electron chi connectivity index (χ1n) is 21.0. The molecule has 0 aliphatic heterocycles. The summed E-state index contributed by atoms with van der Waals surface area (Å²) in [6.45, 7) is 0. The Balaban J connectivity index is 0.934. The molecule has 0 N–H and O–H groups in total. The molecule has 0 fully saturated rings. The predicted octanol–water partition coefficient (Wildman–Crippen LogP) is 13.0. The van der Waals surface area contributed by atoms with E-state index in [1.807, 2.05) is 61.1 Å². The lowest BCUT2D eigenvalue weighted by Gasteiger charge is -2.12. The zero-order chi connectivity index (χ0) is 41.4. The summed E-state index contributed by atoms with van der Waals surface area (Å²) >= 11 is 0. The number of nitrogens with zero attached hydrogens (tertiary/aromatic N) is 8. The van der Waals surface area contributed by atoms with E-state index in [4.69, 9.17) is 24.9 Å². The van der Waals surface area contributed by atoms with Gasteiger partial charge in [0.1, 0.15) is 0 Å². The summed E-state index contributed by atoms with van der Waals surface area (Å²) in [4.78, 5) is 25.2. The minimum absolute atomic E-state index is 0.611. The number of hydrogen-bond acceptors (Lipinski definition) is 5. The third-order valence-electron chi connectivity index (χ3n) is 12.2. The Morgan fingerprint density at radius 3 is 1.33 bits per heavy atom. The van der Waals surface area contributed by atoms with Crippen LogP contribution in [0.2, 0.25) is 0 Å². The molecule has 0 spiro atoms. The maximum atomic E-state index is 5.22. The largest absolute Gasteiger partial charge is 0.305 e. The first kappa shape index (κ1) is 35.0. The summed E-state index contributed by atoms with van der Waals surface area (Å²) in [5.74, 6) is 1.24. The lowest BCUT2D eigenvalue weighted by molar-refractivity contribution is 0.967. The van der Waals surface area contributed by atoms with Crippen LogP contribution in [0, 0.1) is 0 Å². The smallest absolute Gasteiger partial charge is 0.235 e. The van der Waals surface area contributed by atoms with Gasteiger partial charge in [0.25, 0.3) is 0 Å². The van der Waals surface area contributed by atoms with E-state index in [1.165, 1.54) is 0 Å². The lowest BCUT2D eigenvalue weighted by atomic mass is 10.0. The topological polar surface area (TPSA) is 79.2 Å². The van der Waals surface area contributed by atoms with Crippen molar-refractivity contribution in [3.8, 4) is 51.2 Å². The highest BCUT2D eigenvalue weighted by Crippen LogP contribution is 2.39. The van der Waals surface area contributed by atoms with Gasteiger partial charge in [0.2, 0.25) is 11.9 Å². The molecule has 0 radical (unpaired) electrons. The van der Waals surface area contributed by atoms with Crippen LogP contribution < -0.4 is 0 Å². The maximum Gasteiger partial charge on any atom is 0.235 e. The van der Waals surface area contributed by atoms with E-state index in [-0.39, 0.29) is 0 Å². The molecule has 0 saturated heterocycles. The van der Waals surface area contributed by atoms with Crippen molar-refractivity contribution in [3.05, 3.63) is 207 Å². The highest BCUT2D eigenvalue weighted by molar-refractivity contribution is 6.12. The van der Waals surface area contributed by atoms with Gasteiger partial charge in [0.15, 0.2) is 0 Å². The SMILES string of the molecule is c1ccc(-c2cc(-c3ccccc3)nc(-n3c4ccccc4c4cc(-c5ccc6c(c5)c5ccccc5n6-c5ncc(-n6c7ccccc7c7ncccc76)cn5)ccc43)n2)cc1. The monoisotopic (exact) mass is 806 g/mol. The molecule has 8 nitrogen and oxygen atoms in total. The van der Waals surface area contributed by atoms with Crippen LogP contribution in [0.15, 0.2) is 207 Å². The van der Waals surface area contributed by atoms with Crippen molar-refractivity contribution in [3.63, 3.8) is 0 Å². The molecule has 0 aliphatic carbocycles. The Labute approximate surface area is 360 Å². The molecule has 63 heavy (non-hydrogen) atoms. The fraction of sp³-hybridized carbons (Fsp3) is 0. The summed E-state index contributed by atoms with van der Waals surface area (Å²) in [5, 5.41) is 5.64. The van der Waals surface area contributed by atoms with Crippen LogP contribution in [0.1, 0.15) is 0 Å². The predicted molar refractivity (Wildman–Crippen MR) is 255 cm³/mol. The first-order chi connectivity index (χ1) is 31.2. The Kier molecular flexibility index (Phi) is 7.74. The van der Waals surface area contributed by atoms with Crippen molar-refractivity contribution >= 4 is 65.5 Å². The van der Waals surface area contributed by atoms with Gasteiger partial charge in [-0.15, -0.1) is 0 Å². The zero-order valence-electron chi connectivity index (χ0n) is 33.7. The molecule has 8 heteroatoms. The number of pyridine rings is 1. The molecule has 0 bridgehead atoms. The molecule has 6 heterocycles. The number of hydrogen-bond donors (Lipinski definition) is 0. The van der Waals surface area contributed by atoms with Crippen LogP contribution in [0.4, 0.5) is 0 Å². The Bertz CT molecular complexity index is 3790. The van der Waals surface area contributed by atoms with Crippen molar-refractivity contribution in [1.82, 2.24) is 38.6 Å². The van der Waals surface area contributed by atoms with Gasteiger partial charge < -0.3 is 4.57 Å². The van der Waals surface area contributed by atoms with E-state index in [1.54, 1.807) is 0 Å². The quantitative estimate of drug-likeness (QED) is 0.167. The maximum absolute atomic E-state index is 5.22. The Morgan fingerprint density at radius 2 is 0.762 bits per heavy atom. The van der Waals surface area contributed by atoms with Gasteiger partial charge in [-0.2, -0.15) is 0 Å². The van der Waals surface area contributed by atoms with Crippen molar-refractivity contribution < 1.29 is 0 Å². The van der Waals surface area contributed by atoms with Gasteiger partial charge in [0, 0.05) is 44.3 Å². The van der Waals surface area contributed by atoms with Crippen LogP contribution in [-0.2, 0) is 0 Å². The number of aromatic nitrogens is 8. The zero-order valence-corrected chi connectivity index (χ0v) is 33.7. The van der Waals surface area contributed by atoms with Crippen molar-refractivity contribution in [2.24, 2.45) is 0 Å². The van der Waals surface area contributed by atoms with E-state index in [0.29, 0.717) is 11.9 Å². The molecule has 13 aromatic rings. The summed E-state index contributed by atoms with van der Waals surface area (Å²) in [6.07, 6.45) is 5.66. The molecular weight excluding hydrogens is 773 g/mol. The highest BCUT2D eigenvalue weighted by atomic mass is 15.2. The average Bonchev–Trinajstić information content (AvgIpc) is 4.00. The van der Waals surface area contributed by atoms with Crippen LogP contribution in [-0.4, -0.2) is 38.6 Å². The summed E-state index contributed by atoms with van der Waals surface area (Å²) < 4.78 is 6.55. The summed E-state index contributed by atoms with van der Waals surface area (Å²) in [5.41, 5.74) is 14.2.